The highest BCUT2D eigenvalue weighted by molar-refractivity contribution is 14.2. The summed E-state index contributed by atoms with van der Waals surface area (Å²) in [7, 11) is 0. The molecule has 0 unspecified atom stereocenters. The van der Waals surface area contributed by atoms with E-state index >= 15 is 0 Å². The van der Waals surface area contributed by atoms with Crippen molar-refractivity contribution < 1.29 is 22.9 Å². The molecule has 0 aliphatic carbocycles. The maximum atomic E-state index is 12.3. The summed E-state index contributed by atoms with van der Waals surface area (Å²) < 4.78 is 41.1. The Balaban J connectivity index is 2.39. The van der Waals surface area contributed by atoms with E-state index in [1.807, 2.05) is 0 Å². The molecule has 1 heterocycles. The normalized spacial score (nSPS) is 14.1. The number of non-ortho nitro benzene ring substituents is 1. The molecule has 0 saturated carbocycles. The van der Waals surface area contributed by atoms with Crippen LogP contribution in [0.15, 0.2) is 21.3 Å². The lowest BCUT2D eigenvalue weighted by atomic mass is 10.2. The van der Waals surface area contributed by atoms with Gasteiger partial charge in [0.05, 0.1) is 10.6 Å². The average Bonchev–Trinajstić information content (AvgIpc) is 2.68. The molecule has 1 aromatic carbocycles. The van der Waals surface area contributed by atoms with E-state index in [9.17, 15) is 28.1 Å². The first kappa shape index (κ1) is 12.9. The van der Waals surface area contributed by atoms with E-state index < -0.39 is 38.3 Å². The maximum Gasteiger partial charge on any atom is 0.472 e. The quantitative estimate of drug-likeness (QED) is 0.328. The molecule has 10 heteroatoms. The Morgan fingerprint density at radius 1 is 1.44 bits per heavy atom. The highest BCUT2D eigenvalue weighted by Gasteiger charge is 2.45. The fourth-order valence-electron chi connectivity index (χ4n) is 1.23. The second-order valence-electron chi connectivity index (χ2n) is 3.17. The van der Waals surface area contributed by atoms with Crippen LogP contribution in [0.25, 0.3) is 0 Å². The Bertz CT molecular complexity index is 572. The summed E-state index contributed by atoms with van der Waals surface area (Å²) in [6.45, 7) is 0. The van der Waals surface area contributed by atoms with Crippen molar-refractivity contribution in [1.29, 1.82) is 0 Å². The largest absolute Gasteiger partial charge is 0.472 e. The van der Waals surface area contributed by atoms with E-state index in [4.69, 9.17) is 0 Å². The zero-order valence-corrected chi connectivity index (χ0v) is 10.5. The minimum Gasteiger partial charge on any atom is -0.263 e. The van der Waals surface area contributed by atoms with E-state index in [1.165, 1.54) is 0 Å². The molecule has 0 atom stereocenters. The van der Waals surface area contributed by atoms with Crippen LogP contribution in [-0.4, -0.2) is 17.0 Å². The molecule has 0 fully saturated rings. The standard InChI is InChI=1S/C8H3F3IN3O3/c9-8(10,11)7(16)14-6-2-1-4(15(17)18)3-5(6)13-12-14/h1-3H. The predicted octanol–water partition coefficient (Wildman–Crippen LogP) is 3.20. The molecule has 0 aromatic heterocycles. The Morgan fingerprint density at radius 2 is 2.11 bits per heavy atom. The fourth-order valence-corrected chi connectivity index (χ4v) is 3.18. The first-order valence-corrected chi connectivity index (χ1v) is 6.29. The second-order valence-corrected chi connectivity index (χ2v) is 5.05. The minimum atomic E-state index is -4.97. The lowest BCUT2D eigenvalue weighted by Gasteiger charge is -2.14. The van der Waals surface area contributed by atoms with Gasteiger partial charge in [-0.15, -0.1) is 0 Å². The highest BCUT2D eigenvalue weighted by atomic mass is 127. The van der Waals surface area contributed by atoms with Crippen molar-refractivity contribution >= 4 is 44.3 Å². The third-order valence-corrected chi connectivity index (χ3v) is 4.13. The summed E-state index contributed by atoms with van der Waals surface area (Å²) in [5.74, 6) is -1.99. The Labute approximate surface area is 108 Å². The number of carbonyl (C=O) groups is 1. The average molecular weight is 373 g/mol. The van der Waals surface area contributed by atoms with Gasteiger partial charge in [-0.2, -0.15) is 13.2 Å². The molecule has 1 aromatic rings. The monoisotopic (exact) mass is 373 g/mol. The van der Waals surface area contributed by atoms with Crippen molar-refractivity contribution in [3.63, 3.8) is 0 Å². The lowest BCUT2D eigenvalue weighted by Crippen LogP contribution is -2.34. The second kappa shape index (κ2) is 4.26. The minimum absolute atomic E-state index is 0.0317. The molecule has 6 nitrogen and oxygen atoms in total. The lowest BCUT2D eigenvalue weighted by molar-refractivity contribution is -0.384. The van der Waals surface area contributed by atoms with Crippen LogP contribution in [0.1, 0.15) is 0 Å². The third kappa shape index (κ3) is 2.19. The number of amides is 1. The van der Waals surface area contributed by atoms with Gasteiger partial charge in [0, 0.05) is 12.1 Å². The Morgan fingerprint density at radius 3 is 2.67 bits per heavy atom. The van der Waals surface area contributed by atoms with Gasteiger partial charge < -0.3 is 0 Å². The van der Waals surface area contributed by atoms with Crippen molar-refractivity contribution in [3.8, 4) is 0 Å². The van der Waals surface area contributed by atoms with Gasteiger partial charge in [-0.25, -0.2) is 6.26 Å². The molecule has 1 aliphatic rings. The molecule has 0 saturated heterocycles. The van der Waals surface area contributed by atoms with E-state index in [2.05, 4.69) is 3.15 Å². The molecule has 0 spiro atoms. The predicted molar refractivity (Wildman–Crippen MR) is 62.7 cm³/mol. The number of alkyl halides is 3. The zero-order chi connectivity index (χ0) is 13.5. The molecule has 0 radical (unpaired) electrons. The van der Waals surface area contributed by atoms with E-state index in [-0.39, 0.29) is 17.1 Å². The van der Waals surface area contributed by atoms with E-state index in [1.54, 1.807) is 0 Å². The number of hydrogen-bond acceptors (Lipinski definition) is 4. The molecule has 96 valence electrons. The smallest absolute Gasteiger partial charge is 0.263 e. The van der Waals surface area contributed by atoms with Crippen LogP contribution in [0.2, 0.25) is 0 Å². The Hall–Kier alpha value is -1.59. The van der Waals surface area contributed by atoms with Crippen LogP contribution >= 0.6 is 21.3 Å². The number of fused-ring (bicyclic) bond motifs is 1. The van der Waals surface area contributed by atoms with Gasteiger partial charge in [-0.1, -0.05) is 0 Å². The van der Waals surface area contributed by atoms with Crippen molar-refractivity contribution in [3.05, 3.63) is 28.3 Å². The van der Waals surface area contributed by atoms with Crippen LogP contribution in [0, 0.1) is 10.1 Å². The van der Waals surface area contributed by atoms with E-state index in [0.717, 1.165) is 18.2 Å². The topological polar surface area (TPSA) is 75.8 Å². The summed E-state index contributed by atoms with van der Waals surface area (Å²) >= 11 is -1.53. The van der Waals surface area contributed by atoms with Crippen LogP contribution in [-0.2, 0) is 4.79 Å². The number of rotatable bonds is 1. The number of halogens is 4. The van der Waals surface area contributed by atoms with Gasteiger partial charge in [0.15, 0.2) is 0 Å². The number of nitro benzene ring substituents is 1. The fraction of sp³-hybridized carbons (Fsp3) is 0.125. The van der Waals surface area contributed by atoms with Gasteiger partial charge in [-0.3, -0.25) is 14.9 Å². The number of benzene rings is 1. The molecule has 1 amide bonds. The molecule has 2 rings (SSSR count). The number of nitrogens with zero attached hydrogens (tertiary/aromatic N) is 3. The molecule has 18 heavy (non-hydrogen) atoms. The van der Waals surface area contributed by atoms with Crippen LogP contribution < -0.4 is 3.11 Å². The highest BCUT2D eigenvalue weighted by Crippen LogP contribution is 2.45. The van der Waals surface area contributed by atoms with Crippen molar-refractivity contribution in [2.24, 2.45) is 3.15 Å². The van der Waals surface area contributed by atoms with Gasteiger partial charge in [-0.05, 0) is 6.07 Å². The van der Waals surface area contributed by atoms with Crippen molar-refractivity contribution in [1.82, 2.24) is 0 Å². The summed E-state index contributed by atoms with van der Waals surface area (Å²) in [4.78, 5) is 20.9. The van der Waals surface area contributed by atoms with Crippen molar-refractivity contribution in [2.45, 2.75) is 6.18 Å². The number of carbonyl (C=O) groups excluding carboxylic acids is 1. The van der Waals surface area contributed by atoms with Gasteiger partial charge in [0.25, 0.3) is 5.69 Å². The van der Waals surface area contributed by atoms with Crippen LogP contribution in [0.4, 0.5) is 30.2 Å². The number of hydrogen-bond donors (Lipinski definition) is 0. The van der Waals surface area contributed by atoms with Crippen molar-refractivity contribution in [2.75, 3.05) is 3.11 Å². The van der Waals surface area contributed by atoms with Gasteiger partial charge in [0.2, 0.25) is 0 Å². The SMILES string of the molecule is O=C(N1I=Nc2cc([N+](=O)[O-])ccc21)C(F)(F)F. The molecular weight excluding hydrogens is 370 g/mol. The summed E-state index contributed by atoms with van der Waals surface area (Å²) in [6.07, 6.45) is -4.97. The summed E-state index contributed by atoms with van der Waals surface area (Å²) in [5.41, 5.74) is -0.256. The molecule has 0 bridgehead atoms. The van der Waals surface area contributed by atoms with Crippen LogP contribution in [0.5, 0.6) is 0 Å². The number of anilines is 1. The number of nitro groups is 1. The summed E-state index contributed by atoms with van der Waals surface area (Å²) in [5, 5.41) is 10.5. The maximum absolute atomic E-state index is 12.3. The van der Waals surface area contributed by atoms with E-state index in [0.29, 0.717) is 3.11 Å². The van der Waals surface area contributed by atoms with Gasteiger partial charge >= 0.3 is 12.1 Å². The summed E-state index contributed by atoms with van der Waals surface area (Å²) in [6, 6.07) is 3.20. The Kier molecular flexibility index (Phi) is 3.04. The molecular formula is C8H3F3IN3O3. The third-order valence-electron chi connectivity index (χ3n) is 2.01. The van der Waals surface area contributed by atoms with Crippen LogP contribution in [0.3, 0.4) is 0 Å². The molecule has 1 aliphatic heterocycles. The molecule has 0 N–H and O–H groups in total. The van der Waals surface area contributed by atoms with Gasteiger partial charge in [0.1, 0.15) is 27.0 Å². The first-order chi connectivity index (χ1) is 8.30. The first-order valence-electron chi connectivity index (χ1n) is 4.36. The zero-order valence-electron chi connectivity index (χ0n) is 8.31.